The molecule has 0 radical (unpaired) electrons. The van der Waals surface area contributed by atoms with Crippen LogP contribution in [0.5, 0.6) is 11.5 Å². The van der Waals surface area contributed by atoms with Crippen molar-refractivity contribution in [3.8, 4) is 11.5 Å². The molecule has 1 aromatic carbocycles. The van der Waals surface area contributed by atoms with Gasteiger partial charge in [0.2, 0.25) is 0 Å². The Bertz CT molecular complexity index is 328. The summed E-state index contributed by atoms with van der Waals surface area (Å²) in [5.41, 5.74) is 0.852. The lowest BCUT2D eigenvalue weighted by atomic mass is 10.2. The van der Waals surface area contributed by atoms with Gasteiger partial charge >= 0.3 is 0 Å². The maximum absolute atomic E-state index is 9.58. The molecule has 0 fully saturated rings. The molecule has 0 heterocycles. The third kappa shape index (κ3) is 3.62. The lowest BCUT2D eigenvalue weighted by Crippen LogP contribution is -2.21. The molecule has 90 valence electrons. The maximum Gasteiger partial charge on any atom is 0.160 e. The van der Waals surface area contributed by atoms with Gasteiger partial charge in [-0.1, -0.05) is 0 Å². The number of aromatic hydroxyl groups is 1. The van der Waals surface area contributed by atoms with Gasteiger partial charge in [-0.3, -0.25) is 0 Å². The second kappa shape index (κ2) is 6.23. The van der Waals surface area contributed by atoms with Gasteiger partial charge in [0, 0.05) is 24.4 Å². The number of phenols is 1. The third-order valence-electron chi connectivity index (χ3n) is 2.16. The van der Waals surface area contributed by atoms with Crippen LogP contribution in [-0.4, -0.2) is 31.5 Å². The summed E-state index contributed by atoms with van der Waals surface area (Å²) in [6, 6.07) is 5.43. The van der Waals surface area contributed by atoms with Gasteiger partial charge in [0.05, 0.1) is 13.7 Å². The maximum atomic E-state index is 9.58. The zero-order valence-corrected chi connectivity index (χ0v) is 9.99. The quantitative estimate of drug-likeness (QED) is 0.779. The fraction of sp³-hybridized carbons (Fsp3) is 0.500. The van der Waals surface area contributed by atoms with Gasteiger partial charge in [-0.15, -0.1) is 0 Å². The predicted molar refractivity (Wildman–Crippen MR) is 64.2 cm³/mol. The van der Waals surface area contributed by atoms with Gasteiger partial charge in [-0.25, -0.2) is 0 Å². The van der Waals surface area contributed by atoms with E-state index in [-0.39, 0.29) is 11.8 Å². The summed E-state index contributed by atoms with van der Waals surface area (Å²) in [4.78, 5) is 0. The summed E-state index contributed by atoms with van der Waals surface area (Å²) in [7, 11) is 1.53. The highest BCUT2D eigenvalue weighted by atomic mass is 16.5. The smallest absolute Gasteiger partial charge is 0.160 e. The Balaban J connectivity index is 2.57. The fourth-order valence-corrected chi connectivity index (χ4v) is 1.40. The Morgan fingerprint density at radius 1 is 1.44 bits per heavy atom. The predicted octanol–water partition coefficient (Wildman–Crippen LogP) is 2.24. The molecule has 0 bridgehead atoms. The number of methoxy groups -OCH3 is 1. The number of anilines is 1. The molecule has 0 aliphatic rings. The standard InChI is InChI=1S/C12H19NO3/c1-4-16-8-9(2)13-10-5-6-12(15-3)11(14)7-10/h5-7,9,13-14H,4,8H2,1-3H3. The van der Waals surface area contributed by atoms with Crippen LogP contribution >= 0.6 is 0 Å². The van der Waals surface area contributed by atoms with E-state index in [1.807, 2.05) is 19.9 Å². The number of benzene rings is 1. The molecule has 0 amide bonds. The first kappa shape index (κ1) is 12.6. The first-order chi connectivity index (χ1) is 7.67. The monoisotopic (exact) mass is 225 g/mol. The van der Waals surface area contributed by atoms with Gasteiger partial charge < -0.3 is 19.9 Å². The Morgan fingerprint density at radius 3 is 2.75 bits per heavy atom. The van der Waals surface area contributed by atoms with Gasteiger partial charge in [0.25, 0.3) is 0 Å². The molecule has 1 rings (SSSR count). The average Bonchev–Trinajstić information content (AvgIpc) is 2.26. The van der Waals surface area contributed by atoms with Gasteiger partial charge in [-0.2, -0.15) is 0 Å². The van der Waals surface area contributed by atoms with Crippen LogP contribution in [0, 0.1) is 0 Å². The molecule has 0 saturated carbocycles. The summed E-state index contributed by atoms with van der Waals surface area (Å²) >= 11 is 0. The molecule has 4 nitrogen and oxygen atoms in total. The molecule has 16 heavy (non-hydrogen) atoms. The summed E-state index contributed by atoms with van der Waals surface area (Å²) in [5.74, 6) is 0.610. The van der Waals surface area contributed by atoms with E-state index in [0.29, 0.717) is 19.0 Å². The van der Waals surface area contributed by atoms with Crippen molar-refractivity contribution in [3.63, 3.8) is 0 Å². The number of nitrogens with one attached hydrogen (secondary N) is 1. The molecule has 0 aliphatic carbocycles. The van der Waals surface area contributed by atoms with Crippen molar-refractivity contribution in [3.05, 3.63) is 18.2 Å². The van der Waals surface area contributed by atoms with Crippen molar-refractivity contribution in [2.24, 2.45) is 0 Å². The van der Waals surface area contributed by atoms with Crippen LogP contribution in [0.4, 0.5) is 5.69 Å². The van der Waals surface area contributed by atoms with Crippen molar-refractivity contribution in [2.45, 2.75) is 19.9 Å². The molecule has 0 saturated heterocycles. The van der Waals surface area contributed by atoms with Gasteiger partial charge in [0.15, 0.2) is 11.5 Å². The second-order valence-corrected chi connectivity index (χ2v) is 3.59. The number of phenolic OH excluding ortho intramolecular Hbond substituents is 1. The third-order valence-corrected chi connectivity index (χ3v) is 2.16. The van der Waals surface area contributed by atoms with E-state index in [2.05, 4.69) is 5.32 Å². The van der Waals surface area contributed by atoms with Gasteiger partial charge in [0.1, 0.15) is 0 Å². The molecule has 1 unspecified atom stereocenters. The molecule has 0 spiro atoms. The number of hydrogen-bond donors (Lipinski definition) is 2. The molecule has 0 aromatic heterocycles. The topological polar surface area (TPSA) is 50.7 Å². The summed E-state index contributed by atoms with van der Waals surface area (Å²) in [5, 5.41) is 12.8. The van der Waals surface area contributed by atoms with E-state index in [1.54, 1.807) is 12.1 Å². The molecular formula is C12H19NO3. The minimum Gasteiger partial charge on any atom is -0.504 e. The fourth-order valence-electron chi connectivity index (χ4n) is 1.40. The highest BCUT2D eigenvalue weighted by molar-refractivity contribution is 5.54. The molecule has 1 atom stereocenters. The van der Waals surface area contributed by atoms with Crippen molar-refractivity contribution >= 4 is 5.69 Å². The average molecular weight is 225 g/mol. The van der Waals surface area contributed by atoms with E-state index in [1.165, 1.54) is 7.11 Å². The Kier molecular flexibility index (Phi) is 4.92. The molecule has 0 aliphatic heterocycles. The van der Waals surface area contributed by atoms with Crippen molar-refractivity contribution in [1.29, 1.82) is 0 Å². The molecular weight excluding hydrogens is 206 g/mol. The number of rotatable bonds is 6. The molecule has 2 N–H and O–H groups in total. The summed E-state index contributed by atoms with van der Waals surface area (Å²) < 4.78 is 10.3. The minimum absolute atomic E-state index is 0.135. The van der Waals surface area contributed by atoms with Crippen molar-refractivity contribution < 1.29 is 14.6 Å². The van der Waals surface area contributed by atoms with Crippen molar-refractivity contribution in [2.75, 3.05) is 25.6 Å². The molecule has 4 heteroatoms. The largest absolute Gasteiger partial charge is 0.504 e. The van der Waals surface area contributed by atoms with E-state index < -0.39 is 0 Å². The van der Waals surface area contributed by atoms with Crippen LogP contribution in [0.3, 0.4) is 0 Å². The summed E-state index contributed by atoms with van der Waals surface area (Å²) in [6.45, 7) is 5.34. The molecule has 1 aromatic rings. The van der Waals surface area contributed by atoms with Crippen LogP contribution in [-0.2, 0) is 4.74 Å². The van der Waals surface area contributed by atoms with Crippen LogP contribution in [0.1, 0.15) is 13.8 Å². The summed E-state index contributed by atoms with van der Waals surface area (Å²) in [6.07, 6.45) is 0. The van der Waals surface area contributed by atoms with Crippen LogP contribution in [0.15, 0.2) is 18.2 Å². The number of ether oxygens (including phenoxy) is 2. The van der Waals surface area contributed by atoms with E-state index in [4.69, 9.17) is 9.47 Å². The zero-order chi connectivity index (χ0) is 12.0. The second-order valence-electron chi connectivity index (χ2n) is 3.59. The first-order valence-corrected chi connectivity index (χ1v) is 5.38. The SMILES string of the molecule is CCOCC(C)Nc1ccc(OC)c(O)c1. The van der Waals surface area contributed by atoms with Crippen LogP contribution in [0.2, 0.25) is 0 Å². The van der Waals surface area contributed by atoms with E-state index in [0.717, 1.165) is 5.69 Å². The van der Waals surface area contributed by atoms with Crippen molar-refractivity contribution in [1.82, 2.24) is 0 Å². The number of hydrogen-bond acceptors (Lipinski definition) is 4. The van der Waals surface area contributed by atoms with E-state index in [9.17, 15) is 5.11 Å². The highest BCUT2D eigenvalue weighted by Crippen LogP contribution is 2.28. The Labute approximate surface area is 96.2 Å². The highest BCUT2D eigenvalue weighted by Gasteiger charge is 2.05. The minimum atomic E-state index is 0.135. The zero-order valence-electron chi connectivity index (χ0n) is 9.99. The van der Waals surface area contributed by atoms with Crippen LogP contribution < -0.4 is 10.1 Å². The van der Waals surface area contributed by atoms with E-state index >= 15 is 0 Å². The van der Waals surface area contributed by atoms with Crippen LogP contribution in [0.25, 0.3) is 0 Å². The Hall–Kier alpha value is -1.42. The Morgan fingerprint density at radius 2 is 2.19 bits per heavy atom. The normalized spacial score (nSPS) is 12.2. The van der Waals surface area contributed by atoms with Gasteiger partial charge in [-0.05, 0) is 26.0 Å². The lowest BCUT2D eigenvalue weighted by Gasteiger charge is -2.15. The first-order valence-electron chi connectivity index (χ1n) is 5.38. The lowest BCUT2D eigenvalue weighted by molar-refractivity contribution is 0.141.